The van der Waals surface area contributed by atoms with E-state index < -0.39 is 23.5 Å². The molecule has 0 unspecified atom stereocenters. The highest BCUT2D eigenvalue weighted by molar-refractivity contribution is 9.10. The maximum Gasteiger partial charge on any atom is 0.295 e. The van der Waals surface area contributed by atoms with Crippen LogP contribution in [0.3, 0.4) is 0 Å². The van der Waals surface area contributed by atoms with E-state index in [0.717, 1.165) is 4.47 Å². The third-order valence-corrected chi connectivity index (χ3v) is 4.53. The van der Waals surface area contributed by atoms with Crippen LogP contribution >= 0.6 is 15.9 Å². The largest absolute Gasteiger partial charge is 0.504 e. The molecule has 0 bridgehead atoms. The standard InChI is InChI=1S/C18H15BrN2O5/c1-9(22)15-16(10-3-5-12(23)13(7-10)26-2)21(18(25)17(15)24)14-6-4-11(19)8-20-14/h3-8,16,23-24H,1-2H3/t16-/m0/s1. The van der Waals surface area contributed by atoms with Gasteiger partial charge in [-0.15, -0.1) is 0 Å². The number of Topliss-reactive ketones (excluding diaryl/α,β-unsaturated/α-hetero) is 1. The minimum absolute atomic E-state index is 0.0348. The molecule has 1 aromatic carbocycles. The van der Waals surface area contributed by atoms with Crippen LogP contribution in [0.15, 0.2) is 52.3 Å². The number of aromatic hydroxyl groups is 1. The van der Waals surface area contributed by atoms with Crippen molar-refractivity contribution in [2.24, 2.45) is 0 Å². The highest BCUT2D eigenvalue weighted by Gasteiger charge is 2.44. The predicted molar refractivity (Wildman–Crippen MR) is 97.2 cm³/mol. The predicted octanol–water partition coefficient (Wildman–Crippen LogP) is 3.05. The number of rotatable bonds is 4. The molecule has 7 nitrogen and oxygen atoms in total. The lowest BCUT2D eigenvalue weighted by Crippen LogP contribution is -2.31. The second kappa shape index (κ2) is 6.80. The average molecular weight is 419 g/mol. The molecule has 134 valence electrons. The van der Waals surface area contributed by atoms with E-state index in [0.29, 0.717) is 5.56 Å². The molecule has 0 fully saturated rings. The summed E-state index contributed by atoms with van der Waals surface area (Å²) in [4.78, 5) is 30.2. The van der Waals surface area contributed by atoms with Crippen molar-refractivity contribution in [1.29, 1.82) is 0 Å². The Balaban J connectivity index is 2.19. The van der Waals surface area contributed by atoms with Crippen LogP contribution in [0.5, 0.6) is 11.5 Å². The Morgan fingerprint density at radius 2 is 2.00 bits per heavy atom. The number of amides is 1. The maximum absolute atomic E-state index is 12.6. The van der Waals surface area contributed by atoms with Crippen molar-refractivity contribution in [3.63, 3.8) is 0 Å². The summed E-state index contributed by atoms with van der Waals surface area (Å²) in [6.07, 6.45) is 1.51. The zero-order valence-electron chi connectivity index (χ0n) is 13.9. The molecule has 8 heteroatoms. The number of aliphatic hydroxyl groups excluding tert-OH is 1. The number of methoxy groups -OCH3 is 1. The number of nitrogens with zero attached hydrogens (tertiary/aromatic N) is 2. The Hall–Kier alpha value is -2.87. The number of carbonyl (C=O) groups excluding carboxylic acids is 2. The summed E-state index contributed by atoms with van der Waals surface area (Å²) >= 11 is 3.28. The van der Waals surface area contributed by atoms with Gasteiger partial charge in [0.2, 0.25) is 0 Å². The van der Waals surface area contributed by atoms with E-state index in [9.17, 15) is 19.8 Å². The van der Waals surface area contributed by atoms with E-state index in [1.54, 1.807) is 18.2 Å². The minimum Gasteiger partial charge on any atom is -0.504 e. The van der Waals surface area contributed by atoms with Crippen LogP contribution in [0.1, 0.15) is 18.5 Å². The number of halogens is 1. The molecule has 0 radical (unpaired) electrons. The highest BCUT2D eigenvalue weighted by atomic mass is 79.9. The van der Waals surface area contributed by atoms with Crippen LogP contribution in [0.2, 0.25) is 0 Å². The lowest BCUT2D eigenvalue weighted by atomic mass is 9.96. The molecular formula is C18H15BrN2O5. The summed E-state index contributed by atoms with van der Waals surface area (Å²) in [6, 6.07) is 6.89. The lowest BCUT2D eigenvalue weighted by Gasteiger charge is -2.26. The highest BCUT2D eigenvalue weighted by Crippen LogP contribution is 2.42. The zero-order chi connectivity index (χ0) is 19.0. The summed E-state index contributed by atoms with van der Waals surface area (Å²) < 4.78 is 5.83. The average Bonchev–Trinajstić information content (AvgIpc) is 2.88. The van der Waals surface area contributed by atoms with Crippen LogP contribution in [0.4, 0.5) is 5.82 Å². The van der Waals surface area contributed by atoms with Crippen LogP contribution in [0.25, 0.3) is 0 Å². The van der Waals surface area contributed by atoms with Crippen molar-refractivity contribution in [3.8, 4) is 11.5 Å². The van der Waals surface area contributed by atoms with E-state index >= 15 is 0 Å². The van der Waals surface area contributed by atoms with Crippen LogP contribution in [0, 0.1) is 0 Å². The van der Waals surface area contributed by atoms with Crippen molar-refractivity contribution in [3.05, 3.63) is 57.9 Å². The quantitative estimate of drug-likeness (QED) is 0.791. The van der Waals surface area contributed by atoms with Gasteiger partial charge in [0.25, 0.3) is 5.91 Å². The monoisotopic (exact) mass is 418 g/mol. The molecule has 1 aromatic heterocycles. The van der Waals surface area contributed by atoms with Crippen molar-refractivity contribution in [2.75, 3.05) is 12.0 Å². The Morgan fingerprint density at radius 3 is 2.58 bits per heavy atom. The van der Waals surface area contributed by atoms with Crippen LogP contribution in [-0.4, -0.2) is 34.0 Å². The van der Waals surface area contributed by atoms with Gasteiger partial charge in [-0.2, -0.15) is 0 Å². The fourth-order valence-corrected chi connectivity index (χ4v) is 3.13. The Labute approximate surface area is 157 Å². The third kappa shape index (κ3) is 2.92. The summed E-state index contributed by atoms with van der Waals surface area (Å²) in [5, 5.41) is 20.1. The molecule has 0 saturated heterocycles. The second-order valence-electron chi connectivity index (χ2n) is 5.66. The number of benzene rings is 1. The second-order valence-corrected chi connectivity index (χ2v) is 6.58. The molecule has 26 heavy (non-hydrogen) atoms. The molecule has 2 heterocycles. The Bertz CT molecular complexity index is 924. The van der Waals surface area contributed by atoms with Crippen molar-refractivity contribution in [2.45, 2.75) is 13.0 Å². The van der Waals surface area contributed by atoms with Gasteiger partial charge >= 0.3 is 0 Å². The van der Waals surface area contributed by atoms with E-state index in [2.05, 4.69) is 20.9 Å². The number of phenols is 1. The topological polar surface area (TPSA) is 100.0 Å². The smallest absolute Gasteiger partial charge is 0.295 e. The molecule has 0 spiro atoms. The minimum atomic E-state index is -0.886. The van der Waals surface area contributed by atoms with Crippen LogP contribution in [-0.2, 0) is 9.59 Å². The lowest BCUT2D eigenvalue weighted by molar-refractivity contribution is -0.117. The normalized spacial score (nSPS) is 17.0. The number of hydrogen-bond acceptors (Lipinski definition) is 6. The van der Waals surface area contributed by atoms with Gasteiger partial charge in [-0.3, -0.25) is 14.5 Å². The molecule has 2 aromatic rings. The molecule has 1 amide bonds. The van der Waals surface area contributed by atoms with Gasteiger partial charge in [-0.1, -0.05) is 6.07 Å². The molecule has 1 atom stereocenters. The summed E-state index contributed by atoms with van der Waals surface area (Å²) in [7, 11) is 1.39. The van der Waals surface area contributed by atoms with Gasteiger partial charge in [-0.05, 0) is 52.7 Å². The van der Waals surface area contributed by atoms with E-state index in [-0.39, 0.29) is 22.9 Å². The fraction of sp³-hybridized carbons (Fsp3) is 0.167. The van der Waals surface area contributed by atoms with Gasteiger partial charge in [0.1, 0.15) is 5.82 Å². The number of aromatic nitrogens is 1. The zero-order valence-corrected chi connectivity index (χ0v) is 15.5. The van der Waals surface area contributed by atoms with E-state index in [1.807, 2.05) is 0 Å². The van der Waals surface area contributed by atoms with Gasteiger partial charge in [-0.25, -0.2) is 4.98 Å². The van der Waals surface area contributed by atoms with Gasteiger partial charge in [0.15, 0.2) is 23.0 Å². The number of carbonyl (C=O) groups is 2. The van der Waals surface area contributed by atoms with Crippen molar-refractivity contribution in [1.82, 2.24) is 4.98 Å². The molecule has 3 rings (SSSR count). The first kappa shape index (κ1) is 17.9. The Kier molecular flexibility index (Phi) is 4.69. The van der Waals surface area contributed by atoms with Gasteiger partial charge < -0.3 is 14.9 Å². The summed E-state index contributed by atoms with van der Waals surface area (Å²) in [5.74, 6) is -1.38. The molecule has 0 saturated carbocycles. The molecule has 0 aliphatic carbocycles. The number of ether oxygens (including phenoxy) is 1. The third-order valence-electron chi connectivity index (χ3n) is 4.07. The maximum atomic E-state index is 12.6. The number of phenolic OH excluding ortho intramolecular Hbond substituents is 1. The van der Waals surface area contributed by atoms with Crippen LogP contribution < -0.4 is 9.64 Å². The number of pyridine rings is 1. The number of hydrogen-bond donors (Lipinski definition) is 2. The number of aliphatic hydroxyl groups is 1. The first-order valence-corrected chi connectivity index (χ1v) is 8.40. The van der Waals surface area contributed by atoms with E-state index in [1.165, 1.54) is 37.3 Å². The summed E-state index contributed by atoms with van der Waals surface area (Å²) in [6.45, 7) is 1.28. The Morgan fingerprint density at radius 1 is 1.27 bits per heavy atom. The van der Waals surface area contributed by atoms with Crippen molar-refractivity contribution >= 4 is 33.4 Å². The number of anilines is 1. The first-order chi connectivity index (χ1) is 12.3. The van der Waals surface area contributed by atoms with Gasteiger partial charge in [0.05, 0.1) is 18.7 Å². The first-order valence-electron chi connectivity index (χ1n) is 7.61. The number of ketones is 1. The fourth-order valence-electron chi connectivity index (χ4n) is 2.89. The molecule has 1 aliphatic heterocycles. The molecule has 1 aliphatic rings. The molecule has 2 N–H and O–H groups in total. The SMILES string of the molecule is COc1cc([C@H]2C(C(C)=O)=C(O)C(=O)N2c2ccc(Br)cn2)ccc1O. The van der Waals surface area contributed by atoms with Crippen molar-refractivity contribution < 1.29 is 24.5 Å². The molecular weight excluding hydrogens is 404 g/mol. The van der Waals surface area contributed by atoms with E-state index in [4.69, 9.17) is 4.74 Å². The van der Waals surface area contributed by atoms with Gasteiger partial charge in [0, 0.05) is 10.7 Å². The summed E-state index contributed by atoms with van der Waals surface area (Å²) in [5.41, 5.74) is 0.458.